The predicted molar refractivity (Wildman–Crippen MR) is 227 cm³/mol. The van der Waals surface area contributed by atoms with Crippen LogP contribution in [-0.2, 0) is 0 Å². The lowest BCUT2D eigenvalue weighted by Gasteiger charge is -2.11. The Morgan fingerprint density at radius 2 is 0.821 bits per heavy atom. The van der Waals surface area contributed by atoms with Gasteiger partial charge < -0.3 is 8.83 Å². The molecule has 0 aliphatic carbocycles. The van der Waals surface area contributed by atoms with E-state index >= 15 is 0 Å². The summed E-state index contributed by atoms with van der Waals surface area (Å²) in [4.78, 5) is 15.0. The van der Waals surface area contributed by atoms with Gasteiger partial charge in [0.05, 0.1) is 5.56 Å². The van der Waals surface area contributed by atoms with Gasteiger partial charge in [-0.25, -0.2) is 15.0 Å². The van der Waals surface area contributed by atoms with Gasteiger partial charge in [0, 0.05) is 32.7 Å². The van der Waals surface area contributed by atoms with Gasteiger partial charge in [-0.1, -0.05) is 152 Å². The van der Waals surface area contributed by atoms with Crippen LogP contribution in [0.5, 0.6) is 0 Å². The van der Waals surface area contributed by atoms with Crippen LogP contribution in [-0.4, -0.2) is 15.0 Å². The molecule has 3 aromatic heterocycles. The first-order chi connectivity index (χ1) is 27.7. The highest BCUT2D eigenvalue weighted by atomic mass is 16.3. The zero-order valence-corrected chi connectivity index (χ0v) is 30.1. The molecule has 0 aliphatic rings. The minimum absolute atomic E-state index is 0.549. The minimum atomic E-state index is 0.549. The first kappa shape index (κ1) is 31.9. The van der Waals surface area contributed by atoms with Crippen molar-refractivity contribution in [1.29, 1.82) is 0 Å². The van der Waals surface area contributed by atoms with Gasteiger partial charge >= 0.3 is 0 Å². The molecule has 5 heteroatoms. The summed E-state index contributed by atoms with van der Waals surface area (Å²) in [6, 6.07) is 64.6. The number of benzene rings is 8. The average Bonchev–Trinajstić information content (AvgIpc) is 3.86. The summed E-state index contributed by atoms with van der Waals surface area (Å²) in [6.45, 7) is 0. The molecule has 8 aromatic carbocycles. The van der Waals surface area contributed by atoms with E-state index in [4.69, 9.17) is 23.8 Å². The Morgan fingerprint density at radius 3 is 1.57 bits per heavy atom. The molecule has 0 radical (unpaired) electrons. The van der Waals surface area contributed by atoms with E-state index in [1.807, 2.05) is 84.9 Å². The van der Waals surface area contributed by atoms with Gasteiger partial charge in [0.2, 0.25) is 0 Å². The molecule has 0 fully saturated rings. The van der Waals surface area contributed by atoms with Gasteiger partial charge in [0.15, 0.2) is 17.5 Å². The maximum Gasteiger partial charge on any atom is 0.167 e. The average molecular weight is 718 g/mol. The number of aromatic nitrogens is 3. The largest absolute Gasteiger partial charge is 0.456 e. The van der Waals surface area contributed by atoms with Crippen molar-refractivity contribution in [2.45, 2.75) is 0 Å². The lowest BCUT2D eigenvalue weighted by molar-refractivity contribution is 0.668. The lowest BCUT2D eigenvalue weighted by Crippen LogP contribution is -2.00. The first-order valence-corrected chi connectivity index (χ1v) is 18.7. The van der Waals surface area contributed by atoms with Gasteiger partial charge in [-0.05, 0) is 69.8 Å². The molecule has 0 bridgehead atoms. The van der Waals surface area contributed by atoms with Crippen molar-refractivity contribution in [3.63, 3.8) is 0 Å². The van der Waals surface area contributed by atoms with Crippen LogP contribution in [0.3, 0.4) is 0 Å². The lowest BCUT2D eigenvalue weighted by atomic mass is 9.91. The highest BCUT2D eigenvalue weighted by Gasteiger charge is 2.21. The summed E-state index contributed by atoms with van der Waals surface area (Å²) in [7, 11) is 0. The van der Waals surface area contributed by atoms with E-state index in [1.54, 1.807) is 0 Å². The molecular formula is C51H31N3O2. The molecule has 0 saturated heterocycles. The fourth-order valence-corrected chi connectivity index (χ4v) is 7.93. The quantitative estimate of drug-likeness (QED) is 0.171. The number of furan rings is 2. The van der Waals surface area contributed by atoms with Crippen LogP contribution >= 0.6 is 0 Å². The Morgan fingerprint density at radius 1 is 0.286 bits per heavy atom. The molecule has 0 N–H and O–H groups in total. The summed E-state index contributed by atoms with van der Waals surface area (Å²) >= 11 is 0. The predicted octanol–water partition coefficient (Wildman–Crippen LogP) is 13.7. The van der Waals surface area contributed by atoms with Crippen LogP contribution in [0.4, 0.5) is 0 Å². The van der Waals surface area contributed by atoms with Gasteiger partial charge in [-0.2, -0.15) is 0 Å². The number of fused-ring (bicyclic) bond motifs is 6. The van der Waals surface area contributed by atoms with Crippen molar-refractivity contribution in [3.05, 3.63) is 188 Å². The third kappa shape index (κ3) is 5.37. The van der Waals surface area contributed by atoms with E-state index in [1.165, 1.54) is 5.56 Å². The van der Waals surface area contributed by atoms with Crippen LogP contribution in [0.1, 0.15) is 0 Å². The third-order valence-electron chi connectivity index (χ3n) is 10.5. The van der Waals surface area contributed by atoms with Crippen molar-refractivity contribution in [2.75, 3.05) is 0 Å². The smallest absolute Gasteiger partial charge is 0.167 e. The molecule has 0 atom stereocenters. The van der Waals surface area contributed by atoms with E-state index in [-0.39, 0.29) is 0 Å². The van der Waals surface area contributed by atoms with Crippen LogP contribution in [0.2, 0.25) is 0 Å². The topological polar surface area (TPSA) is 65.0 Å². The molecule has 262 valence electrons. The van der Waals surface area contributed by atoms with Crippen molar-refractivity contribution in [3.8, 4) is 67.5 Å². The molecule has 0 amide bonds. The van der Waals surface area contributed by atoms with Gasteiger partial charge in [-0.3, -0.25) is 0 Å². The van der Waals surface area contributed by atoms with E-state index < -0.39 is 0 Å². The van der Waals surface area contributed by atoms with Crippen molar-refractivity contribution >= 4 is 43.9 Å². The molecule has 0 saturated carbocycles. The molecule has 5 nitrogen and oxygen atoms in total. The Bertz CT molecular complexity index is 3180. The van der Waals surface area contributed by atoms with Crippen molar-refractivity contribution in [2.24, 2.45) is 0 Å². The molecular weight excluding hydrogens is 687 g/mol. The number of para-hydroxylation sites is 2. The summed E-state index contributed by atoms with van der Waals surface area (Å²) in [5.74, 6) is 1.76. The van der Waals surface area contributed by atoms with Gasteiger partial charge in [0.1, 0.15) is 22.3 Å². The second kappa shape index (κ2) is 13.0. The fraction of sp³-hybridized carbons (Fsp3) is 0. The summed E-state index contributed by atoms with van der Waals surface area (Å²) in [5, 5.41) is 4.19. The molecule has 3 heterocycles. The monoisotopic (exact) mass is 717 g/mol. The van der Waals surface area contributed by atoms with Crippen LogP contribution in [0, 0.1) is 0 Å². The summed E-state index contributed by atoms with van der Waals surface area (Å²) < 4.78 is 13.4. The van der Waals surface area contributed by atoms with E-state index in [9.17, 15) is 0 Å². The van der Waals surface area contributed by atoms with Crippen LogP contribution in [0.15, 0.2) is 197 Å². The molecule has 11 rings (SSSR count). The van der Waals surface area contributed by atoms with E-state index in [0.29, 0.717) is 17.5 Å². The highest BCUT2D eigenvalue weighted by molar-refractivity contribution is 6.18. The van der Waals surface area contributed by atoms with E-state index in [2.05, 4.69) is 103 Å². The second-order valence-corrected chi connectivity index (χ2v) is 13.9. The van der Waals surface area contributed by atoms with Gasteiger partial charge in [0.25, 0.3) is 0 Å². The Hall–Kier alpha value is -7.63. The number of hydrogen-bond acceptors (Lipinski definition) is 5. The maximum absolute atomic E-state index is 6.78. The van der Waals surface area contributed by atoms with Gasteiger partial charge in [-0.15, -0.1) is 0 Å². The van der Waals surface area contributed by atoms with E-state index in [0.717, 1.165) is 88.4 Å². The molecule has 0 aliphatic heterocycles. The first-order valence-electron chi connectivity index (χ1n) is 18.7. The Labute approximate surface area is 322 Å². The summed E-state index contributed by atoms with van der Waals surface area (Å²) in [6.07, 6.45) is 0. The summed E-state index contributed by atoms with van der Waals surface area (Å²) in [5.41, 5.74) is 12.5. The molecule has 0 spiro atoms. The number of rotatable bonds is 6. The van der Waals surface area contributed by atoms with Crippen LogP contribution in [0.25, 0.3) is 111 Å². The highest BCUT2D eigenvalue weighted by Crippen LogP contribution is 2.45. The van der Waals surface area contributed by atoms with Crippen molar-refractivity contribution in [1.82, 2.24) is 15.0 Å². The Kier molecular flexibility index (Phi) is 7.42. The minimum Gasteiger partial charge on any atom is -0.456 e. The SMILES string of the molecule is c1ccc(-c2cccc(-c3cc(-c4cccc5oc6c(-c7nc(-c8ccccc8)nc(-c8ccccc8)n7)cccc6c45)cc4oc5ccccc5c34)c2)cc1. The van der Waals surface area contributed by atoms with Crippen molar-refractivity contribution < 1.29 is 8.83 Å². The zero-order valence-electron chi connectivity index (χ0n) is 30.1. The third-order valence-corrected chi connectivity index (χ3v) is 10.5. The second-order valence-electron chi connectivity index (χ2n) is 13.9. The Balaban J connectivity index is 1.13. The maximum atomic E-state index is 6.78. The molecule has 11 aromatic rings. The fourth-order valence-electron chi connectivity index (χ4n) is 7.93. The molecule has 0 unspecified atom stereocenters. The van der Waals surface area contributed by atoms with Crippen LogP contribution < -0.4 is 0 Å². The zero-order chi connectivity index (χ0) is 37.0. The number of hydrogen-bond donors (Lipinski definition) is 0. The standard InChI is InChI=1S/C51H31N3O2/c1-4-15-32(16-5-1)35-21-12-22-36(29-35)42-30-37(31-45-47(42)39-23-10-11-27-43(39)55-45)38-24-14-28-44-46(38)40-25-13-26-41(48(40)56-44)51-53-49(33-17-6-2-7-18-33)52-50(54-51)34-19-8-3-9-20-34/h1-31H. The number of nitrogens with zero attached hydrogens (tertiary/aromatic N) is 3. The normalized spacial score (nSPS) is 11.6. The molecule has 56 heavy (non-hydrogen) atoms.